The number of aliphatic imine (C=N–C) groups is 1. The summed E-state index contributed by atoms with van der Waals surface area (Å²) >= 11 is 6.06. The first-order valence-electron chi connectivity index (χ1n) is 9.78. The van der Waals surface area contributed by atoms with E-state index >= 15 is 0 Å². The van der Waals surface area contributed by atoms with Gasteiger partial charge < -0.3 is 5.11 Å². The number of halogens is 2. The molecule has 0 aromatic carbocycles. The molecule has 1 aliphatic carbocycles. The third-order valence-corrected chi connectivity index (χ3v) is 6.94. The van der Waals surface area contributed by atoms with E-state index in [1.165, 1.54) is 11.3 Å². The second-order valence-electron chi connectivity index (χ2n) is 8.17. The Hall–Kier alpha value is -0.490. The zero-order valence-corrected chi connectivity index (χ0v) is 15.6. The van der Waals surface area contributed by atoms with Crippen molar-refractivity contribution in [1.82, 2.24) is 10.2 Å². The molecule has 25 heavy (non-hydrogen) atoms. The molecule has 3 aliphatic heterocycles. The minimum absolute atomic E-state index is 0.0423. The van der Waals surface area contributed by atoms with Gasteiger partial charge in [0, 0.05) is 30.4 Å². The monoisotopic (exact) mass is 369 g/mol. The van der Waals surface area contributed by atoms with E-state index in [4.69, 9.17) is 16.6 Å². The van der Waals surface area contributed by atoms with E-state index in [1.54, 1.807) is 0 Å². The number of nitrogens with one attached hydrogen (secondary N) is 1. The fourth-order valence-electron chi connectivity index (χ4n) is 5.36. The largest absolute Gasteiger partial charge is 0.376 e. The zero-order valence-electron chi connectivity index (χ0n) is 14.9. The summed E-state index contributed by atoms with van der Waals surface area (Å²) in [6, 6.07) is 0.267. The van der Waals surface area contributed by atoms with E-state index < -0.39 is 11.7 Å². The molecule has 1 saturated carbocycles. The Labute approximate surface area is 154 Å². The summed E-state index contributed by atoms with van der Waals surface area (Å²) in [5, 5.41) is 13.5. The summed E-state index contributed by atoms with van der Waals surface area (Å²) in [6.45, 7) is 2.77. The van der Waals surface area contributed by atoms with E-state index in [0.717, 1.165) is 45.1 Å². The van der Waals surface area contributed by atoms with Crippen LogP contribution in [0.4, 0.5) is 4.39 Å². The Morgan fingerprint density at radius 2 is 2.20 bits per heavy atom. The summed E-state index contributed by atoms with van der Waals surface area (Å²) in [6.07, 6.45) is 8.30. The molecule has 0 aromatic heterocycles. The summed E-state index contributed by atoms with van der Waals surface area (Å²) in [4.78, 5) is 7.20. The number of hydrogen-bond donors (Lipinski definition) is 2. The lowest BCUT2D eigenvalue weighted by Crippen LogP contribution is -2.45. The molecule has 2 saturated heterocycles. The van der Waals surface area contributed by atoms with Gasteiger partial charge in [0.05, 0.1) is 12.2 Å². The van der Waals surface area contributed by atoms with Gasteiger partial charge in [-0.15, -0.1) is 0 Å². The third kappa shape index (κ3) is 3.29. The van der Waals surface area contributed by atoms with Crippen molar-refractivity contribution < 1.29 is 9.50 Å². The average Bonchev–Trinajstić information content (AvgIpc) is 3.19. The second-order valence-corrected chi connectivity index (χ2v) is 8.62. The van der Waals surface area contributed by atoms with Crippen LogP contribution in [-0.2, 0) is 0 Å². The van der Waals surface area contributed by atoms with Crippen LogP contribution in [0.25, 0.3) is 0 Å². The highest BCUT2D eigenvalue weighted by atomic mass is 35.5. The lowest BCUT2D eigenvalue weighted by atomic mass is 9.77. The van der Waals surface area contributed by atoms with E-state index in [-0.39, 0.29) is 12.0 Å². The lowest BCUT2D eigenvalue weighted by molar-refractivity contribution is 0.108. The predicted octanol–water partition coefficient (Wildman–Crippen LogP) is 3.20. The molecule has 4 nitrogen and oxygen atoms in total. The Balaban J connectivity index is 1.62. The van der Waals surface area contributed by atoms with E-state index in [0.29, 0.717) is 24.5 Å². The Morgan fingerprint density at radius 1 is 1.36 bits per heavy atom. The number of nitrogens with zero attached hydrogens (tertiary/aromatic N) is 2. The number of rotatable bonds is 3. The van der Waals surface area contributed by atoms with Crippen molar-refractivity contribution in [2.45, 2.75) is 81.9 Å². The Morgan fingerprint density at radius 3 is 2.96 bits per heavy atom. The van der Waals surface area contributed by atoms with Crippen LogP contribution in [0.2, 0.25) is 0 Å². The van der Waals surface area contributed by atoms with Crippen LogP contribution < -0.4 is 5.32 Å². The maximum Gasteiger partial charge on any atom is 0.144 e. The number of hydrogen-bond acceptors (Lipinski definition) is 4. The van der Waals surface area contributed by atoms with Crippen molar-refractivity contribution in [1.29, 1.82) is 0 Å². The summed E-state index contributed by atoms with van der Waals surface area (Å²) < 4.78 is 13.9. The molecule has 0 bridgehead atoms. The highest BCUT2D eigenvalue weighted by Crippen LogP contribution is 2.43. The zero-order chi connectivity index (χ0) is 17.6. The summed E-state index contributed by atoms with van der Waals surface area (Å²) in [5.41, 5.74) is 1.78. The van der Waals surface area contributed by atoms with Crippen LogP contribution in [0.1, 0.15) is 51.9 Å². The van der Waals surface area contributed by atoms with Crippen LogP contribution in [0.3, 0.4) is 0 Å². The van der Waals surface area contributed by atoms with E-state index in [2.05, 4.69) is 10.2 Å². The van der Waals surface area contributed by atoms with Crippen molar-refractivity contribution in [3.8, 4) is 0 Å². The fourth-order valence-corrected chi connectivity index (χ4v) is 5.58. The minimum atomic E-state index is -0.851. The molecule has 4 aliphatic rings. The first kappa shape index (κ1) is 17.9. The molecule has 6 unspecified atom stereocenters. The summed E-state index contributed by atoms with van der Waals surface area (Å²) in [5.74, 6) is 0.495. The van der Waals surface area contributed by atoms with Crippen molar-refractivity contribution >= 4 is 17.8 Å². The molecule has 2 N–H and O–H groups in total. The van der Waals surface area contributed by atoms with Crippen molar-refractivity contribution in [2.24, 2.45) is 16.8 Å². The Kier molecular flexibility index (Phi) is 5.20. The lowest BCUT2D eigenvalue weighted by Gasteiger charge is -2.37. The second kappa shape index (κ2) is 7.26. The molecule has 0 spiro atoms. The SMILES string of the molecule is CC1CC(C2=C(C3CCC4NCC(C(O)Cl)N43)CCC=N2)CC[C@H]1F. The van der Waals surface area contributed by atoms with Crippen LogP contribution in [0.5, 0.6) is 0 Å². The number of alkyl halides is 2. The minimum Gasteiger partial charge on any atom is -0.376 e. The number of aliphatic hydroxyl groups excluding tert-OH is 1. The molecule has 0 radical (unpaired) electrons. The molecule has 0 amide bonds. The van der Waals surface area contributed by atoms with Gasteiger partial charge >= 0.3 is 0 Å². The molecule has 3 heterocycles. The average molecular weight is 370 g/mol. The van der Waals surface area contributed by atoms with Gasteiger partial charge in [-0.3, -0.25) is 15.2 Å². The number of fused-ring (bicyclic) bond motifs is 1. The molecule has 0 aromatic rings. The molecule has 7 atom stereocenters. The maximum atomic E-state index is 13.9. The smallest absolute Gasteiger partial charge is 0.144 e. The van der Waals surface area contributed by atoms with Crippen LogP contribution in [0, 0.1) is 11.8 Å². The maximum absolute atomic E-state index is 13.9. The van der Waals surface area contributed by atoms with Crippen LogP contribution in [-0.4, -0.2) is 52.8 Å². The number of allylic oxidation sites excluding steroid dienone is 1. The van der Waals surface area contributed by atoms with Gasteiger partial charge in [-0.1, -0.05) is 18.5 Å². The van der Waals surface area contributed by atoms with Gasteiger partial charge in [-0.25, -0.2) is 4.39 Å². The standard InChI is InChI=1S/C19H29ClFN3O/c1-11-9-12(4-5-14(11)21)18-13(3-2-8-22-18)15-6-7-17-23-10-16(19(20)25)24(15)17/h8,11-12,14-17,19,23,25H,2-7,9-10H2,1H3/t11?,12?,14-,15?,16?,17?,19?/m1/s1. The number of aliphatic hydroxyl groups is 1. The van der Waals surface area contributed by atoms with Gasteiger partial charge in [0.15, 0.2) is 0 Å². The van der Waals surface area contributed by atoms with Crippen molar-refractivity contribution in [3.63, 3.8) is 0 Å². The molecule has 3 fully saturated rings. The van der Waals surface area contributed by atoms with Crippen LogP contribution >= 0.6 is 11.6 Å². The fraction of sp³-hybridized carbons (Fsp3) is 0.842. The highest BCUT2D eigenvalue weighted by Gasteiger charge is 2.47. The molecular weight excluding hydrogens is 341 g/mol. The van der Waals surface area contributed by atoms with Crippen LogP contribution in [0.15, 0.2) is 16.3 Å². The van der Waals surface area contributed by atoms with Gasteiger partial charge in [0.2, 0.25) is 0 Å². The van der Waals surface area contributed by atoms with E-state index in [9.17, 15) is 9.50 Å². The third-order valence-electron chi connectivity index (χ3n) is 6.65. The van der Waals surface area contributed by atoms with Crippen molar-refractivity contribution in [2.75, 3.05) is 6.54 Å². The van der Waals surface area contributed by atoms with Crippen molar-refractivity contribution in [3.05, 3.63) is 11.3 Å². The summed E-state index contributed by atoms with van der Waals surface area (Å²) in [7, 11) is 0. The van der Waals surface area contributed by atoms with Gasteiger partial charge in [0.25, 0.3) is 0 Å². The predicted molar refractivity (Wildman–Crippen MR) is 98.5 cm³/mol. The first-order valence-corrected chi connectivity index (χ1v) is 10.2. The molecule has 140 valence electrons. The molecular formula is C19H29ClFN3O. The van der Waals surface area contributed by atoms with Gasteiger partial charge in [-0.05, 0) is 56.4 Å². The van der Waals surface area contributed by atoms with Gasteiger partial charge in [-0.2, -0.15) is 0 Å². The van der Waals surface area contributed by atoms with Gasteiger partial charge in [0.1, 0.15) is 11.7 Å². The highest BCUT2D eigenvalue weighted by molar-refractivity contribution is 6.20. The molecule has 6 heteroatoms. The normalized spacial score (nSPS) is 43.5. The Bertz CT molecular complexity index is 567. The molecule has 4 rings (SSSR count). The quantitative estimate of drug-likeness (QED) is 0.751. The topological polar surface area (TPSA) is 47.9 Å². The first-order chi connectivity index (χ1) is 12.1. The van der Waals surface area contributed by atoms with E-state index in [1.807, 2.05) is 13.1 Å².